The minimum Gasteiger partial charge on any atom is -0.368 e. The molecule has 18 heavy (non-hydrogen) atoms. The van der Waals surface area contributed by atoms with Gasteiger partial charge < -0.3 is 5.73 Å². The van der Waals surface area contributed by atoms with Crippen molar-refractivity contribution in [1.29, 1.82) is 0 Å². The van der Waals surface area contributed by atoms with Gasteiger partial charge in [-0.15, -0.1) is 0 Å². The molecule has 4 nitrogen and oxygen atoms in total. The Bertz CT molecular complexity index is 613. The van der Waals surface area contributed by atoms with E-state index in [1.807, 2.05) is 0 Å². The zero-order chi connectivity index (χ0) is 12.7. The normalized spacial score (nSPS) is 14.8. The van der Waals surface area contributed by atoms with E-state index in [9.17, 15) is 4.39 Å². The van der Waals surface area contributed by atoms with Crippen molar-refractivity contribution in [3.63, 3.8) is 0 Å². The van der Waals surface area contributed by atoms with E-state index in [4.69, 9.17) is 5.73 Å². The van der Waals surface area contributed by atoms with E-state index in [0.29, 0.717) is 21.8 Å². The largest absolute Gasteiger partial charge is 0.368 e. The molecule has 1 heterocycles. The first-order chi connectivity index (χ1) is 8.63. The first-order valence-electron chi connectivity index (χ1n) is 5.60. The van der Waals surface area contributed by atoms with Crippen molar-refractivity contribution in [3.8, 4) is 11.4 Å². The molecule has 0 unspecified atom stereocenters. The molecule has 1 aliphatic rings. The molecule has 0 amide bonds. The molecule has 1 fully saturated rings. The molecule has 92 valence electrons. The number of nitrogens with zero attached hydrogens (tertiary/aromatic N) is 3. The molecular weight excluding hydrogens is 299 g/mol. The number of hydrogen-bond donors (Lipinski definition) is 1. The molecule has 0 aliphatic heterocycles. The van der Waals surface area contributed by atoms with Crippen molar-refractivity contribution in [3.05, 3.63) is 34.3 Å². The van der Waals surface area contributed by atoms with Crippen molar-refractivity contribution in [1.82, 2.24) is 15.0 Å². The molecule has 0 spiro atoms. The van der Waals surface area contributed by atoms with Gasteiger partial charge in [-0.25, -0.2) is 9.37 Å². The van der Waals surface area contributed by atoms with Crippen LogP contribution in [0.3, 0.4) is 0 Å². The number of anilines is 1. The van der Waals surface area contributed by atoms with Crippen LogP contribution in [0.2, 0.25) is 0 Å². The number of nitrogens with two attached hydrogens (primary N) is 1. The molecule has 3 rings (SSSR count). The van der Waals surface area contributed by atoms with Crippen molar-refractivity contribution in [2.45, 2.75) is 18.8 Å². The lowest BCUT2D eigenvalue weighted by Crippen LogP contribution is -2.04. The van der Waals surface area contributed by atoms with E-state index in [0.717, 1.165) is 18.7 Å². The summed E-state index contributed by atoms with van der Waals surface area (Å²) < 4.78 is 13.7. The molecule has 1 aliphatic carbocycles. The molecule has 2 N–H and O–H groups in total. The molecule has 1 saturated carbocycles. The summed E-state index contributed by atoms with van der Waals surface area (Å²) in [5, 5.41) is 0. The van der Waals surface area contributed by atoms with Crippen LogP contribution in [0.4, 0.5) is 10.3 Å². The Morgan fingerprint density at radius 3 is 2.67 bits per heavy atom. The van der Waals surface area contributed by atoms with Gasteiger partial charge in [0.15, 0.2) is 5.82 Å². The molecule has 0 saturated heterocycles. The van der Waals surface area contributed by atoms with Crippen molar-refractivity contribution < 1.29 is 4.39 Å². The molecule has 2 aromatic rings. The zero-order valence-corrected chi connectivity index (χ0v) is 11.0. The van der Waals surface area contributed by atoms with Gasteiger partial charge in [0.1, 0.15) is 11.6 Å². The van der Waals surface area contributed by atoms with Crippen molar-refractivity contribution in [2.24, 2.45) is 0 Å². The van der Waals surface area contributed by atoms with Crippen LogP contribution in [0, 0.1) is 5.82 Å². The number of nitrogen functional groups attached to an aromatic ring is 1. The highest BCUT2D eigenvalue weighted by Crippen LogP contribution is 2.39. The summed E-state index contributed by atoms with van der Waals surface area (Å²) in [7, 11) is 0. The Morgan fingerprint density at radius 2 is 2.00 bits per heavy atom. The average molecular weight is 309 g/mol. The standard InChI is InChI=1S/C12H10BrFN4/c13-9-5-7(14)3-4-8(9)11-16-10(6-1-2-6)17-12(15)18-11/h3-6H,1-2H2,(H2,15,16,17,18). The van der Waals surface area contributed by atoms with E-state index < -0.39 is 0 Å². The fourth-order valence-corrected chi connectivity index (χ4v) is 2.25. The maximum Gasteiger partial charge on any atom is 0.223 e. The van der Waals surface area contributed by atoms with Crippen LogP contribution in [0.1, 0.15) is 24.6 Å². The van der Waals surface area contributed by atoms with Crippen molar-refractivity contribution >= 4 is 21.9 Å². The average Bonchev–Trinajstić information content (AvgIpc) is 3.11. The van der Waals surface area contributed by atoms with Crippen molar-refractivity contribution in [2.75, 3.05) is 5.73 Å². The number of aromatic nitrogens is 3. The van der Waals surface area contributed by atoms with Gasteiger partial charge >= 0.3 is 0 Å². The first-order valence-corrected chi connectivity index (χ1v) is 6.39. The lowest BCUT2D eigenvalue weighted by molar-refractivity contribution is 0.627. The second-order valence-corrected chi connectivity index (χ2v) is 5.13. The van der Waals surface area contributed by atoms with Crippen LogP contribution < -0.4 is 5.73 Å². The molecule has 0 radical (unpaired) electrons. The van der Waals surface area contributed by atoms with Gasteiger partial charge in [0, 0.05) is 16.0 Å². The van der Waals surface area contributed by atoms with Gasteiger partial charge in [-0.2, -0.15) is 9.97 Å². The third-order valence-electron chi connectivity index (χ3n) is 2.78. The Morgan fingerprint density at radius 1 is 1.22 bits per heavy atom. The summed E-state index contributed by atoms with van der Waals surface area (Å²) in [6, 6.07) is 4.38. The third kappa shape index (κ3) is 2.20. The minimum absolute atomic E-state index is 0.207. The Hall–Kier alpha value is -1.56. The predicted octanol–water partition coefficient (Wildman–Crippen LogP) is 2.90. The van der Waals surface area contributed by atoms with E-state index >= 15 is 0 Å². The number of benzene rings is 1. The highest BCUT2D eigenvalue weighted by atomic mass is 79.9. The van der Waals surface area contributed by atoms with E-state index in [1.54, 1.807) is 6.07 Å². The number of halogens is 2. The first kappa shape index (κ1) is 11.5. The molecule has 0 bridgehead atoms. The molecule has 1 aromatic heterocycles. The maximum absolute atomic E-state index is 13.1. The third-order valence-corrected chi connectivity index (χ3v) is 3.44. The summed E-state index contributed by atoms with van der Waals surface area (Å²) >= 11 is 3.30. The van der Waals surface area contributed by atoms with Gasteiger partial charge in [-0.3, -0.25) is 0 Å². The fourth-order valence-electron chi connectivity index (χ4n) is 1.72. The van der Waals surface area contributed by atoms with Gasteiger partial charge in [0.05, 0.1) is 0 Å². The lowest BCUT2D eigenvalue weighted by atomic mass is 10.2. The van der Waals surface area contributed by atoms with Crippen LogP contribution in [-0.2, 0) is 0 Å². The van der Waals surface area contributed by atoms with Gasteiger partial charge in [0.25, 0.3) is 0 Å². The van der Waals surface area contributed by atoms with Gasteiger partial charge in [0.2, 0.25) is 5.95 Å². The zero-order valence-electron chi connectivity index (χ0n) is 9.40. The van der Waals surface area contributed by atoms with E-state index in [2.05, 4.69) is 30.9 Å². The molecular formula is C12H10BrFN4. The quantitative estimate of drug-likeness (QED) is 0.926. The monoisotopic (exact) mass is 308 g/mol. The number of hydrogen-bond acceptors (Lipinski definition) is 4. The second-order valence-electron chi connectivity index (χ2n) is 4.27. The van der Waals surface area contributed by atoms with Gasteiger partial charge in [-0.1, -0.05) is 0 Å². The Kier molecular flexibility index (Phi) is 2.74. The summed E-state index contributed by atoms with van der Waals surface area (Å²) in [4.78, 5) is 12.6. The number of rotatable bonds is 2. The molecule has 1 aromatic carbocycles. The van der Waals surface area contributed by atoms with Crippen LogP contribution >= 0.6 is 15.9 Å². The summed E-state index contributed by atoms with van der Waals surface area (Å²) in [5.41, 5.74) is 6.41. The minimum atomic E-state index is -0.310. The van der Waals surface area contributed by atoms with Crippen LogP contribution in [0.15, 0.2) is 22.7 Å². The highest BCUT2D eigenvalue weighted by Gasteiger charge is 2.27. The lowest BCUT2D eigenvalue weighted by Gasteiger charge is -2.06. The fraction of sp³-hybridized carbons (Fsp3) is 0.250. The van der Waals surface area contributed by atoms with Crippen LogP contribution in [-0.4, -0.2) is 15.0 Å². The summed E-state index contributed by atoms with van der Waals surface area (Å²) in [6.45, 7) is 0. The van der Waals surface area contributed by atoms with E-state index in [1.165, 1.54) is 12.1 Å². The Balaban J connectivity index is 2.10. The summed E-state index contributed by atoms with van der Waals surface area (Å²) in [5.74, 6) is 1.51. The Labute approximate surface area is 112 Å². The topological polar surface area (TPSA) is 64.7 Å². The summed E-state index contributed by atoms with van der Waals surface area (Å²) in [6.07, 6.45) is 2.18. The second kappa shape index (κ2) is 4.28. The SMILES string of the molecule is Nc1nc(-c2ccc(F)cc2Br)nc(C2CC2)n1. The maximum atomic E-state index is 13.1. The van der Waals surface area contributed by atoms with Crippen LogP contribution in [0.25, 0.3) is 11.4 Å². The van der Waals surface area contributed by atoms with Crippen LogP contribution in [0.5, 0.6) is 0 Å². The smallest absolute Gasteiger partial charge is 0.223 e. The van der Waals surface area contributed by atoms with E-state index in [-0.39, 0.29) is 11.8 Å². The molecule has 6 heteroatoms. The van der Waals surface area contributed by atoms with Gasteiger partial charge in [-0.05, 0) is 47.0 Å². The highest BCUT2D eigenvalue weighted by molar-refractivity contribution is 9.10. The predicted molar refractivity (Wildman–Crippen MR) is 69.3 cm³/mol. The molecule has 0 atom stereocenters.